The average molecular weight is 281 g/mol. The van der Waals surface area contributed by atoms with E-state index < -0.39 is 7.12 Å². The Kier molecular flexibility index (Phi) is 3.64. The summed E-state index contributed by atoms with van der Waals surface area (Å²) in [5, 5.41) is 0.369. The molecule has 102 valence electrons. The number of pyridine rings is 1. The van der Waals surface area contributed by atoms with Crippen molar-refractivity contribution in [2.75, 3.05) is 5.73 Å². The molecule has 1 fully saturated rings. The lowest BCUT2D eigenvalue weighted by Crippen LogP contribution is -2.41. The molecule has 0 spiro atoms. The van der Waals surface area contributed by atoms with E-state index in [2.05, 4.69) is 4.98 Å². The highest BCUT2D eigenvalue weighted by Crippen LogP contribution is 2.37. The highest BCUT2D eigenvalue weighted by atomic mass is 35.5. The molecule has 1 aromatic heterocycles. The average Bonchev–Trinajstić information content (AvgIpc) is 2.43. The van der Waals surface area contributed by atoms with Crippen LogP contribution in [0.2, 0.25) is 5.15 Å². The van der Waals surface area contributed by atoms with Crippen LogP contribution in [0.25, 0.3) is 6.08 Å². The van der Waals surface area contributed by atoms with Gasteiger partial charge in [-0.2, -0.15) is 0 Å². The summed E-state index contributed by atoms with van der Waals surface area (Å²) >= 11 is 5.85. The number of anilines is 1. The maximum Gasteiger partial charge on any atom is 0.487 e. The summed E-state index contributed by atoms with van der Waals surface area (Å²) in [6, 6.07) is 3.35. The molecule has 1 aromatic rings. The Morgan fingerprint density at radius 1 is 1.21 bits per heavy atom. The number of hydrogen-bond donors (Lipinski definition) is 1. The lowest BCUT2D eigenvalue weighted by atomic mass is 9.89. The lowest BCUT2D eigenvalue weighted by molar-refractivity contribution is 0.00578. The molecule has 1 aliphatic rings. The first-order valence-corrected chi connectivity index (χ1v) is 6.54. The summed E-state index contributed by atoms with van der Waals surface area (Å²) in [5.74, 6) is 1.81. The third kappa shape index (κ3) is 3.11. The van der Waals surface area contributed by atoms with E-state index in [1.807, 2.05) is 33.7 Å². The number of hydrogen-bond acceptors (Lipinski definition) is 4. The van der Waals surface area contributed by atoms with Crippen LogP contribution < -0.4 is 5.73 Å². The largest absolute Gasteiger partial charge is 0.487 e. The van der Waals surface area contributed by atoms with Crippen molar-refractivity contribution in [3.05, 3.63) is 29.0 Å². The van der Waals surface area contributed by atoms with E-state index in [0.29, 0.717) is 16.5 Å². The van der Waals surface area contributed by atoms with Crippen LogP contribution in [0.1, 0.15) is 33.4 Å². The van der Waals surface area contributed by atoms with Crippen molar-refractivity contribution in [1.29, 1.82) is 0 Å². The van der Waals surface area contributed by atoms with Crippen LogP contribution in [0, 0.1) is 0 Å². The molecule has 6 heteroatoms. The lowest BCUT2D eigenvalue weighted by Gasteiger charge is -2.32. The Balaban J connectivity index is 2.12. The van der Waals surface area contributed by atoms with Gasteiger partial charge in [0, 0.05) is 5.69 Å². The van der Waals surface area contributed by atoms with Crippen molar-refractivity contribution >= 4 is 30.5 Å². The van der Waals surface area contributed by atoms with Gasteiger partial charge in [-0.15, -0.1) is 0 Å². The minimum atomic E-state index is -0.396. The molecular formula is C13H18BClN2O2. The summed E-state index contributed by atoms with van der Waals surface area (Å²) in [6.07, 6.45) is 1.80. The minimum absolute atomic E-state index is 0.344. The number of nitrogen functional groups attached to an aromatic ring is 1. The molecule has 2 N–H and O–H groups in total. The number of nitrogens with zero attached hydrogens (tertiary/aromatic N) is 1. The van der Waals surface area contributed by atoms with E-state index in [1.54, 1.807) is 18.2 Å². The highest BCUT2D eigenvalue weighted by Gasteiger charge is 2.49. The second-order valence-electron chi connectivity index (χ2n) is 5.63. The van der Waals surface area contributed by atoms with Crippen molar-refractivity contribution < 1.29 is 9.31 Å². The third-order valence-corrected chi connectivity index (χ3v) is 3.73. The first-order chi connectivity index (χ1) is 8.69. The Morgan fingerprint density at radius 2 is 1.79 bits per heavy atom. The van der Waals surface area contributed by atoms with Gasteiger partial charge in [-0.3, -0.25) is 0 Å². The van der Waals surface area contributed by atoms with Crippen molar-refractivity contribution in [2.24, 2.45) is 0 Å². The molecule has 1 saturated heterocycles. The van der Waals surface area contributed by atoms with Crippen LogP contribution in [-0.2, 0) is 9.31 Å². The van der Waals surface area contributed by atoms with E-state index in [4.69, 9.17) is 26.6 Å². The van der Waals surface area contributed by atoms with Gasteiger partial charge in [0.15, 0.2) is 0 Å². The van der Waals surface area contributed by atoms with Gasteiger partial charge in [0.1, 0.15) is 5.15 Å². The zero-order chi connectivity index (χ0) is 14.3. The van der Waals surface area contributed by atoms with Crippen molar-refractivity contribution in [3.8, 4) is 0 Å². The fourth-order valence-corrected chi connectivity index (χ4v) is 1.99. The van der Waals surface area contributed by atoms with Gasteiger partial charge >= 0.3 is 7.12 Å². The van der Waals surface area contributed by atoms with E-state index in [0.717, 1.165) is 0 Å². The molecule has 4 nitrogen and oxygen atoms in total. The maximum atomic E-state index is 5.85. The van der Waals surface area contributed by atoms with Crippen LogP contribution in [-0.4, -0.2) is 23.3 Å². The first kappa shape index (κ1) is 14.4. The smallest absolute Gasteiger partial charge is 0.400 e. The molecule has 0 radical (unpaired) electrons. The standard InChI is InChI=1S/C13H18BClN2O2/c1-12(2)13(3,4)19-14(18-12)6-5-10-7-9(16)8-11(15)17-10/h5-8H,1-4H3,(H2,16,17)/b6-5+. The van der Waals surface area contributed by atoms with Crippen LogP contribution in [0.4, 0.5) is 5.69 Å². The number of halogens is 1. The molecular weight excluding hydrogens is 262 g/mol. The predicted molar refractivity (Wildman–Crippen MR) is 78.8 cm³/mol. The van der Waals surface area contributed by atoms with Gasteiger partial charge in [-0.25, -0.2) is 4.98 Å². The van der Waals surface area contributed by atoms with Crippen LogP contribution >= 0.6 is 11.6 Å². The highest BCUT2D eigenvalue weighted by molar-refractivity contribution is 6.52. The summed E-state index contributed by atoms with van der Waals surface area (Å²) in [7, 11) is -0.396. The SMILES string of the molecule is CC1(C)OB(/C=C/c2cc(N)cc(Cl)n2)OC1(C)C. The Labute approximate surface area is 119 Å². The molecule has 0 atom stereocenters. The second kappa shape index (κ2) is 4.82. The van der Waals surface area contributed by atoms with E-state index in [-0.39, 0.29) is 11.2 Å². The molecule has 2 rings (SSSR count). The molecule has 0 amide bonds. The number of rotatable bonds is 2. The van der Waals surface area contributed by atoms with Crippen molar-refractivity contribution in [1.82, 2.24) is 4.98 Å². The van der Waals surface area contributed by atoms with Gasteiger partial charge in [-0.05, 0) is 45.9 Å². The van der Waals surface area contributed by atoms with E-state index >= 15 is 0 Å². The molecule has 0 unspecified atom stereocenters. The van der Waals surface area contributed by atoms with Gasteiger partial charge < -0.3 is 15.0 Å². The van der Waals surface area contributed by atoms with Crippen LogP contribution in [0.3, 0.4) is 0 Å². The molecule has 19 heavy (non-hydrogen) atoms. The third-order valence-electron chi connectivity index (χ3n) is 3.53. The molecule has 0 aliphatic carbocycles. The normalized spacial score (nSPS) is 21.2. The Morgan fingerprint density at radius 3 is 2.32 bits per heavy atom. The molecule has 0 saturated carbocycles. The van der Waals surface area contributed by atoms with Crippen molar-refractivity contribution in [3.63, 3.8) is 0 Å². The van der Waals surface area contributed by atoms with Gasteiger partial charge in [0.25, 0.3) is 0 Å². The van der Waals surface area contributed by atoms with E-state index in [1.165, 1.54) is 0 Å². The Bertz CT molecular complexity index is 481. The van der Waals surface area contributed by atoms with Gasteiger partial charge in [0.05, 0.1) is 16.9 Å². The van der Waals surface area contributed by atoms with Crippen LogP contribution in [0.15, 0.2) is 18.1 Å². The summed E-state index contributed by atoms with van der Waals surface area (Å²) in [5.41, 5.74) is 6.28. The second-order valence-corrected chi connectivity index (χ2v) is 6.02. The summed E-state index contributed by atoms with van der Waals surface area (Å²) < 4.78 is 11.7. The summed E-state index contributed by atoms with van der Waals surface area (Å²) in [6.45, 7) is 8.04. The monoisotopic (exact) mass is 280 g/mol. The topological polar surface area (TPSA) is 57.4 Å². The fraction of sp³-hybridized carbons (Fsp3) is 0.462. The molecule has 0 bridgehead atoms. The predicted octanol–water partition coefficient (Wildman–Crippen LogP) is 2.96. The Hall–Kier alpha value is -1.04. The number of nitrogens with two attached hydrogens (primary N) is 1. The number of aromatic nitrogens is 1. The fourth-order valence-electron chi connectivity index (χ4n) is 1.77. The zero-order valence-electron chi connectivity index (χ0n) is 11.6. The van der Waals surface area contributed by atoms with Crippen molar-refractivity contribution in [2.45, 2.75) is 38.9 Å². The van der Waals surface area contributed by atoms with Crippen LogP contribution in [0.5, 0.6) is 0 Å². The zero-order valence-corrected chi connectivity index (χ0v) is 12.4. The first-order valence-electron chi connectivity index (χ1n) is 6.16. The van der Waals surface area contributed by atoms with Gasteiger partial charge in [-0.1, -0.05) is 17.6 Å². The minimum Gasteiger partial charge on any atom is -0.400 e. The van der Waals surface area contributed by atoms with Gasteiger partial charge in [0.2, 0.25) is 0 Å². The quantitative estimate of drug-likeness (QED) is 0.668. The molecule has 2 heterocycles. The molecule has 1 aliphatic heterocycles. The molecule has 0 aromatic carbocycles. The maximum absolute atomic E-state index is 5.85. The summed E-state index contributed by atoms with van der Waals surface area (Å²) in [4.78, 5) is 4.16. The van der Waals surface area contributed by atoms with E-state index in [9.17, 15) is 0 Å².